The van der Waals surface area contributed by atoms with E-state index in [1.54, 1.807) is 13.3 Å². The second kappa shape index (κ2) is 5.48. The lowest BCUT2D eigenvalue weighted by Crippen LogP contribution is -2.22. The molecular weight excluding hydrogens is 230 g/mol. The molecular formula is C14H19NO3. The lowest BCUT2D eigenvalue weighted by Gasteiger charge is -2.13. The minimum atomic E-state index is -0.238. The molecule has 0 N–H and O–H groups in total. The van der Waals surface area contributed by atoms with E-state index < -0.39 is 0 Å². The van der Waals surface area contributed by atoms with Crippen LogP contribution in [-0.2, 0) is 16.0 Å². The monoisotopic (exact) mass is 249 g/mol. The molecule has 1 fully saturated rings. The molecule has 4 heteroatoms. The van der Waals surface area contributed by atoms with Gasteiger partial charge in [-0.15, -0.1) is 0 Å². The number of aromatic nitrogens is 1. The summed E-state index contributed by atoms with van der Waals surface area (Å²) in [5.74, 6) is 0.939. The van der Waals surface area contributed by atoms with Crippen LogP contribution in [0, 0.1) is 13.8 Å². The number of hydrogen-bond acceptors (Lipinski definition) is 4. The van der Waals surface area contributed by atoms with Crippen LogP contribution in [0.3, 0.4) is 0 Å². The van der Waals surface area contributed by atoms with E-state index >= 15 is 0 Å². The Labute approximate surface area is 107 Å². The summed E-state index contributed by atoms with van der Waals surface area (Å²) in [4.78, 5) is 16.4. The number of carbonyl (C=O) groups excluding carboxylic acids is 1. The molecule has 2 rings (SSSR count). The summed E-state index contributed by atoms with van der Waals surface area (Å²) in [6.07, 6.45) is 3.65. The van der Waals surface area contributed by atoms with E-state index in [1.807, 2.05) is 13.8 Å². The van der Waals surface area contributed by atoms with Gasteiger partial charge in [-0.2, -0.15) is 0 Å². The molecule has 0 amide bonds. The number of nitrogens with zero attached hydrogens (tertiary/aromatic N) is 1. The molecule has 2 heterocycles. The van der Waals surface area contributed by atoms with Crippen molar-refractivity contribution in [2.75, 3.05) is 13.7 Å². The molecule has 0 spiro atoms. The van der Waals surface area contributed by atoms with Crippen LogP contribution >= 0.6 is 0 Å². The van der Waals surface area contributed by atoms with Gasteiger partial charge in [-0.1, -0.05) is 0 Å². The first-order chi connectivity index (χ1) is 8.63. The molecule has 1 aliphatic rings. The molecule has 98 valence electrons. The van der Waals surface area contributed by atoms with Crippen molar-refractivity contribution in [3.63, 3.8) is 0 Å². The summed E-state index contributed by atoms with van der Waals surface area (Å²) in [5, 5.41) is 0. The van der Waals surface area contributed by atoms with Crippen molar-refractivity contribution in [1.29, 1.82) is 0 Å². The minimum absolute atomic E-state index is 0.119. The van der Waals surface area contributed by atoms with Gasteiger partial charge in [0.25, 0.3) is 0 Å². The van der Waals surface area contributed by atoms with Gasteiger partial charge in [0, 0.05) is 23.9 Å². The maximum absolute atomic E-state index is 12.0. The topological polar surface area (TPSA) is 48.4 Å². The Balaban J connectivity index is 2.16. The first-order valence-corrected chi connectivity index (χ1v) is 6.27. The Morgan fingerprint density at radius 1 is 1.56 bits per heavy atom. The number of aryl methyl sites for hydroxylation is 1. The van der Waals surface area contributed by atoms with Crippen molar-refractivity contribution in [2.45, 2.75) is 39.2 Å². The van der Waals surface area contributed by atoms with E-state index in [2.05, 4.69) is 4.98 Å². The van der Waals surface area contributed by atoms with Crippen molar-refractivity contribution in [2.24, 2.45) is 0 Å². The van der Waals surface area contributed by atoms with Gasteiger partial charge in [0.2, 0.25) is 0 Å². The van der Waals surface area contributed by atoms with Crippen molar-refractivity contribution >= 4 is 5.78 Å². The number of Topliss-reactive ketones (excluding diaryl/α,β-unsaturated/α-hetero) is 1. The number of ketones is 1. The Morgan fingerprint density at radius 3 is 2.94 bits per heavy atom. The van der Waals surface area contributed by atoms with Gasteiger partial charge in [0.15, 0.2) is 5.78 Å². The van der Waals surface area contributed by atoms with E-state index in [0.29, 0.717) is 13.0 Å². The molecule has 4 nitrogen and oxygen atoms in total. The van der Waals surface area contributed by atoms with E-state index in [1.165, 1.54) is 0 Å². The maximum Gasteiger partial charge on any atom is 0.167 e. The minimum Gasteiger partial charge on any atom is -0.496 e. The van der Waals surface area contributed by atoms with Crippen molar-refractivity contribution < 1.29 is 14.3 Å². The van der Waals surface area contributed by atoms with Gasteiger partial charge in [-0.3, -0.25) is 9.78 Å². The maximum atomic E-state index is 12.0. The van der Waals surface area contributed by atoms with Crippen LogP contribution in [0.2, 0.25) is 0 Å². The molecule has 1 unspecified atom stereocenters. The Kier molecular flexibility index (Phi) is 3.97. The van der Waals surface area contributed by atoms with Gasteiger partial charge in [0.1, 0.15) is 11.9 Å². The SMILES string of the molecule is COc1c(C)cnc(CC(=O)C2CCCO2)c1C. The quantitative estimate of drug-likeness (QED) is 0.819. The molecule has 1 saturated heterocycles. The van der Waals surface area contributed by atoms with Crippen LogP contribution in [-0.4, -0.2) is 30.6 Å². The second-order valence-electron chi connectivity index (χ2n) is 4.69. The van der Waals surface area contributed by atoms with Gasteiger partial charge < -0.3 is 9.47 Å². The smallest absolute Gasteiger partial charge is 0.167 e. The lowest BCUT2D eigenvalue weighted by atomic mass is 10.0. The number of methoxy groups -OCH3 is 1. The number of rotatable bonds is 4. The largest absolute Gasteiger partial charge is 0.496 e. The zero-order valence-corrected chi connectivity index (χ0v) is 11.2. The summed E-state index contributed by atoms with van der Waals surface area (Å²) >= 11 is 0. The van der Waals surface area contributed by atoms with E-state index in [-0.39, 0.29) is 11.9 Å². The summed E-state index contributed by atoms with van der Waals surface area (Å²) < 4.78 is 10.7. The molecule has 0 saturated carbocycles. The van der Waals surface area contributed by atoms with E-state index in [4.69, 9.17) is 9.47 Å². The van der Waals surface area contributed by atoms with Gasteiger partial charge in [-0.05, 0) is 26.7 Å². The van der Waals surface area contributed by atoms with Crippen molar-refractivity contribution in [1.82, 2.24) is 4.98 Å². The molecule has 1 aliphatic heterocycles. The van der Waals surface area contributed by atoms with E-state index in [9.17, 15) is 4.79 Å². The highest BCUT2D eigenvalue weighted by Gasteiger charge is 2.24. The van der Waals surface area contributed by atoms with Crippen molar-refractivity contribution in [3.8, 4) is 5.75 Å². The molecule has 0 aromatic carbocycles. The normalized spacial score (nSPS) is 18.9. The Morgan fingerprint density at radius 2 is 2.33 bits per heavy atom. The number of pyridine rings is 1. The second-order valence-corrected chi connectivity index (χ2v) is 4.69. The average molecular weight is 249 g/mol. The van der Waals surface area contributed by atoms with Gasteiger partial charge in [0.05, 0.1) is 19.2 Å². The Bertz CT molecular complexity index is 451. The zero-order valence-electron chi connectivity index (χ0n) is 11.2. The van der Waals surface area contributed by atoms with Crippen LogP contribution in [0.15, 0.2) is 6.20 Å². The standard InChI is InChI=1S/C14H19NO3/c1-9-8-15-11(10(2)14(9)17-3)7-12(16)13-5-4-6-18-13/h8,13H,4-7H2,1-3H3. The van der Waals surface area contributed by atoms with Gasteiger partial charge >= 0.3 is 0 Å². The predicted octanol–water partition coefficient (Wildman–Crippen LogP) is 2.00. The fourth-order valence-electron chi connectivity index (χ4n) is 2.36. The van der Waals surface area contributed by atoms with E-state index in [0.717, 1.165) is 35.4 Å². The highest BCUT2D eigenvalue weighted by atomic mass is 16.5. The molecule has 1 aromatic heterocycles. The first-order valence-electron chi connectivity index (χ1n) is 6.27. The Hall–Kier alpha value is -1.42. The predicted molar refractivity (Wildman–Crippen MR) is 67.9 cm³/mol. The van der Waals surface area contributed by atoms with Crippen molar-refractivity contribution in [3.05, 3.63) is 23.0 Å². The molecule has 0 aliphatic carbocycles. The third-order valence-corrected chi connectivity index (χ3v) is 3.38. The van der Waals surface area contributed by atoms with Crippen LogP contribution in [0.25, 0.3) is 0 Å². The lowest BCUT2D eigenvalue weighted by molar-refractivity contribution is -0.127. The number of ether oxygens (including phenoxy) is 2. The summed E-state index contributed by atoms with van der Waals surface area (Å²) in [5.41, 5.74) is 2.73. The average Bonchev–Trinajstić information content (AvgIpc) is 2.87. The molecule has 0 bridgehead atoms. The summed E-state index contributed by atoms with van der Waals surface area (Å²) in [6, 6.07) is 0. The number of hydrogen-bond donors (Lipinski definition) is 0. The van der Waals surface area contributed by atoms with Crippen LogP contribution in [0.1, 0.15) is 29.7 Å². The molecule has 1 atom stereocenters. The number of carbonyl (C=O) groups is 1. The third kappa shape index (κ3) is 2.53. The summed E-state index contributed by atoms with van der Waals surface area (Å²) in [6.45, 7) is 4.58. The van der Waals surface area contributed by atoms with Gasteiger partial charge in [-0.25, -0.2) is 0 Å². The third-order valence-electron chi connectivity index (χ3n) is 3.38. The highest BCUT2D eigenvalue weighted by molar-refractivity contribution is 5.85. The highest BCUT2D eigenvalue weighted by Crippen LogP contribution is 2.25. The molecule has 0 radical (unpaired) electrons. The van der Waals surface area contributed by atoms with Crippen LogP contribution < -0.4 is 4.74 Å². The molecule has 1 aromatic rings. The fraction of sp³-hybridized carbons (Fsp3) is 0.571. The van der Waals surface area contributed by atoms with Crippen LogP contribution in [0.5, 0.6) is 5.75 Å². The van der Waals surface area contributed by atoms with Crippen LogP contribution in [0.4, 0.5) is 0 Å². The molecule has 18 heavy (non-hydrogen) atoms. The summed E-state index contributed by atoms with van der Waals surface area (Å²) in [7, 11) is 1.64. The zero-order chi connectivity index (χ0) is 13.1. The first kappa shape index (κ1) is 13.0. The fourth-order valence-corrected chi connectivity index (χ4v) is 2.36.